The summed E-state index contributed by atoms with van der Waals surface area (Å²) in [5.41, 5.74) is 0.0500. The Morgan fingerprint density at radius 1 is 1.20 bits per heavy atom. The van der Waals surface area contributed by atoms with Crippen molar-refractivity contribution in [3.8, 4) is 28.6 Å². The van der Waals surface area contributed by atoms with Crippen LogP contribution in [0.1, 0.15) is 0 Å². The third-order valence-electron chi connectivity index (χ3n) is 3.67. The number of nitrogens with one attached hydrogen (secondary N) is 1. The van der Waals surface area contributed by atoms with E-state index in [0.29, 0.717) is 5.56 Å². The Kier molecular flexibility index (Phi) is 3.61. The second-order valence-corrected chi connectivity index (χ2v) is 6.22. The number of H-pyrrole nitrogens is 1. The van der Waals surface area contributed by atoms with E-state index >= 15 is 0 Å². The van der Waals surface area contributed by atoms with E-state index in [-0.39, 0.29) is 33.9 Å². The number of hydrogen-bond donors (Lipinski definition) is 2. The molecule has 25 heavy (non-hydrogen) atoms. The van der Waals surface area contributed by atoms with E-state index in [0.717, 1.165) is 10.5 Å². The lowest BCUT2D eigenvalue weighted by Crippen LogP contribution is -2.09. The highest BCUT2D eigenvalue weighted by molar-refractivity contribution is 9.10. The van der Waals surface area contributed by atoms with Crippen molar-refractivity contribution in [1.29, 1.82) is 0 Å². The van der Waals surface area contributed by atoms with E-state index in [2.05, 4.69) is 31.1 Å². The van der Waals surface area contributed by atoms with Crippen LogP contribution in [0.5, 0.6) is 5.75 Å². The lowest BCUT2D eigenvalue weighted by molar-refractivity contribution is 0.426. The van der Waals surface area contributed by atoms with Crippen molar-refractivity contribution < 1.29 is 14.0 Å². The number of aromatic amines is 1. The first-order chi connectivity index (χ1) is 12.0. The fourth-order valence-electron chi connectivity index (χ4n) is 2.52. The first kappa shape index (κ1) is 15.5. The number of aromatic hydroxyl groups is 1. The van der Waals surface area contributed by atoms with Crippen LogP contribution >= 0.6 is 15.9 Å². The zero-order valence-electron chi connectivity index (χ0n) is 12.5. The van der Waals surface area contributed by atoms with Crippen LogP contribution in [0, 0.1) is 5.82 Å². The maximum atomic E-state index is 13.3. The van der Waals surface area contributed by atoms with Gasteiger partial charge in [0.25, 0.3) is 11.4 Å². The SMILES string of the molecule is O=c1[nH]c2cc(F)ccc2c(O)c1-c1nc(-c2cccc(Br)c2)no1. The lowest BCUT2D eigenvalue weighted by atomic mass is 10.1. The summed E-state index contributed by atoms with van der Waals surface area (Å²) in [4.78, 5) is 19.0. The third-order valence-corrected chi connectivity index (χ3v) is 4.16. The number of pyridine rings is 1. The fourth-order valence-corrected chi connectivity index (χ4v) is 2.92. The fraction of sp³-hybridized carbons (Fsp3) is 0. The number of rotatable bonds is 2. The molecule has 0 fully saturated rings. The zero-order valence-corrected chi connectivity index (χ0v) is 14.0. The molecule has 6 nitrogen and oxygen atoms in total. The molecule has 2 heterocycles. The van der Waals surface area contributed by atoms with E-state index in [1.807, 2.05) is 12.1 Å². The predicted octanol–water partition coefficient (Wildman–Crippen LogP) is 3.85. The maximum Gasteiger partial charge on any atom is 0.267 e. The van der Waals surface area contributed by atoms with E-state index < -0.39 is 11.4 Å². The molecule has 0 aliphatic carbocycles. The normalized spacial score (nSPS) is 11.1. The summed E-state index contributed by atoms with van der Waals surface area (Å²) in [5.74, 6) is -0.720. The van der Waals surface area contributed by atoms with E-state index in [4.69, 9.17) is 4.52 Å². The second kappa shape index (κ2) is 5.82. The molecule has 0 spiro atoms. The minimum Gasteiger partial charge on any atom is -0.506 e. The van der Waals surface area contributed by atoms with Gasteiger partial charge < -0.3 is 14.6 Å². The van der Waals surface area contributed by atoms with Gasteiger partial charge in [0.05, 0.1) is 5.52 Å². The van der Waals surface area contributed by atoms with E-state index in [9.17, 15) is 14.3 Å². The first-order valence-electron chi connectivity index (χ1n) is 7.17. The molecule has 0 aliphatic heterocycles. The molecule has 4 aromatic rings. The molecular formula is C17H9BrFN3O3. The zero-order chi connectivity index (χ0) is 17.6. The minimum atomic E-state index is -0.653. The van der Waals surface area contributed by atoms with Crippen LogP contribution in [0.15, 0.2) is 56.3 Å². The molecular weight excluding hydrogens is 393 g/mol. The van der Waals surface area contributed by atoms with Gasteiger partial charge in [-0.1, -0.05) is 33.2 Å². The Morgan fingerprint density at radius 2 is 2.04 bits per heavy atom. The standard InChI is InChI=1S/C17H9BrFN3O3/c18-9-3-1-2-8(6-9)15-21-17(25-22-15)13-14(23)11-5-4-10(19)7-12(11)20-16(13)24/h1-7H,(H2,20,23,24). The average molecular weight is 402 g/mol. The Bertz CT molecular complexity index is 1170. The summed E-state index contributed by atoms with van der Waals surface area (Å²) in [7, 11) is 0. The van der Waals surface area contributed by atoms with Gasteiger partial charge in [0.1, 0.15) is 17.1 Å². The lowest BCUT2D eigenvalue weighted by Gasteiger charge is -2.04. The summed E-state index contributed by atoms with van der Waals surface area (Å²) in [6.07, 6.45) is 0. The monoisotopic (exact) mass is 401 g/mol. The molecule has 4 rings (SSSR count). The average Bonchev–Trinajstić information content (AvgIpc) is 3.04. The van der Waals surface area contributed by atoms with Crippen LogP contribution in [0.25, 0.3) is 33.7 Å². The largest absolute Gasteiger partial charge is 0.506 e. The van der Waals surface area contributed by atoms with Crippen molar-refractivity contribution >= 4 is 26.8 Å². The van der Waals surface area contributed by atoms with Gasteiger partial charge in [0, 0.05) is 15.4 Å². The molecule has 0 saturated carbocycles. The molecule has 124 valence electrons. The number of fused-ring (bicyclic) bond motifs is 1. The topological polar surface area (TPSA) is 92.0 Å². The van der Waals surface area contributed by atoms with Crippen molar-refractivity contribution in [2.24, 2.45) is 0 Å². The molecule has 2 N–H and O–H groups in total. The quantitative estimate of drug-likeness (QED) is 0.532. The Morgan fingerprint density at radius 3 is 2.84 bits per heavy atom. The highest BCUT2D eigenvalue weighted by Crippen LogP contribution is 2.32. The smallest absolute Gasteiger partial charge is 0.267 e. The molecule has 0 aliphatic rings. The second-order valence-electron chi connectivity index (χ2n) is 5.30. The van der Waals surface area contributed by atoms with Gasteiger partial charge in [-0.05, 0) is 30.3 Å². The minimum absolute atomic E-state index is 0.125. The van der Waals surface area contributed by atoms with Crippen LogP contribution in [0.3, 0.4) is 0 Å². The van der Waals surface area contributed by atoms with Crippen LogP contribution in [0.4, 0.5) is 4.39 Å². The highest BCUT2D eigenvalue weighted by Gasteiger charge is 2.20. The molecule has 2 aromatic heterocycles. The van der Waals surface area contributed by atoms with Crippen LogP contribution in [-0.2, 0) is 0 Å². The number of benzene rings is 2. The van der Waals surface area contributed by atoms with Gasteiger partial charge in [-0.25, -0.2) is 4.39 Å². The van der Waals surface area contributed by atoms with Gasteiger partial charge in [-0.2, -0.15) is 4.98 Å². The van der Waals surface area contributed by atoms with Crippen molar-refractivity contribution in [3.63, 3.8) is 0 Å². The summed E-state index contributed by atoms with van der Waals surface area (Å²) in [6.45, 7) is 0. The Labute approximate surface area is 148 Å². The van der Waals surface area contributed by atoms with Gasteiger partial charge in [0.15, 0.2) is 0 Å². The highest BCUT2D eigenvalue weighted by atomic mass is 79.9. The Balaban J connectivity index is 1.88. The number of aromatic nitrogens is 3. The van der Waals surface area contributed by atoms with Crippen molar-refractivity contribution in [2.45, 2.75) is 0 Å². The van der Waals surface area contributed by atoms with Gasteiger partial charge in [-0.15, -0.1) is 0 Å². The molecule has 0 bridgehead atoms. The van der Waals surface area contributed by atoms with Crippen molar-refractivity contribution in [2.75, 3.05) is 0 Å². The number of hydrogen-bond acceptors (Lipinski definition) is 5. The van der Waals surface area contributed by atoms with E-state index in [1.165, 1.54) is 12.1 Å². The van der Waals surface area contributed by atoms with E-state index in [1.54, 1.807) is 12.1 Å². The summed E-state index contributed by atoms with van der Waals surface area (Å²) in [5, 5.41) is 14.5. The van der Waals surface area contributed by atoms with Crippen molar-refractivity contribution in [3.05, 3.63) is 63.1 Å². The predicted molar refractivity (Wildman–Crippen MR) is 92.6 cm³/mol. The maximum absolute atomic E-state index is 13.3. The van der Waals surface area contributed by atoms with Gasteiger partial charge in [0.2, 0.25) is 5.82 Å². The molecule has 0 atom stereocenters. The van der Waals surface area contributed by atoms with Crippen LogP contribution in [-0.4, -0.2) is 20.2 Å². The molecule has 0 radical (unpaired) electrons. The number of nitrogens with zero attached hydrogens (tertiary/aromatic N) is 2. The van der Waals surface area contributed by atoms with Gasteiger partial charge >= 0.3 is 0 Å². The summed E-state index contributed by atoms with van der Waals surface area (Å²) >= 11 is 3.36. The summed E-state index contributed by atoms with van der Waals surface area (Å²) < 4.78 is 19.3. The molecule has 2 aromatic carbocycles. The number of halogens is 2. The van der Waals surface area contributed by atoms with Gasteiger partial charge in [-0.3, -0.25) is 4.79 Å². The van der Waals surface area contributed by atoms with Crippen molar-refractivity contribution in [1.82, 2.24) is 15.1 Å². The van der Waals surface area contributed by atoms with Crippen LogP contribution in [0.2, 0.25) is 0 Å². The molecule has 8 heteroatoms. The first-order valence-corrected chi connectivity index (χ1v) is 7.97. The summed E-state index contributed by atoms with van der Waals surface area (Å²) in [6, 6.07) is 10.9. The Hall–Kier alpha value is -3.00. The molecule has 0 amide bonds. The van der Waals surface area contributed by atoms with Crippen LogP contribution < -0.4 is 5.56 Å². The molecule has 0 saturated heterocycles. The molecule has 0 unspecified atom stereocenters. The third kappa shape index (κ3) is 2.70.